The predicted molar refractivity (Wildman–Crippen MR) is 113 cm³/mol. The summed E-state index contributed by atoms with van der Waals surface area (Å²) in [5, 5.41) is 3.36. The van der Waals surface area contributed by atoms with E-state index >= 15 is 0 Å². The summed E-state index contributed by atoms with van der Waals surface area (Å²) in [6.07, 6.45) is 5.44. The molecule has 2 fully saturated rings. The second-order valence-electron chi connectivity index (χ2n) is 6.63. The van der Waals surface area contributed by atoms with Gasteiger partial charge in [-0.3, -0.25) is 4.79 Å². The summed E-state index contributed by atoms with van der Waals surface area (Å²) in [4.78, 5) is 19.6. The number of anilines is 1. The molecular weight excluding hydrogens is 374 g/mol. The molecule has 1 N–H and O–H groups in total. The number of piperidine rings is 1. The Morgan fingerprint density at radius 1 is 1.18 bits per heavy atom. The number of aliphatic imine (C=N–C) groups is 1. The summed E-state index contributed by atoms with van der Waals surface area (Å²) in [6, 6.07) is 11.3. The lowest BCUT2D eigenvalue weighted by atomic mass is 10.1. The van der Waals surface area contributed by atoms with Crippen molar-refractivity contribution >= 4 is 40.5 Å². The van der Waals surface area contributed by atoms with Gasteiger partial charge in [-0.1, -0.05) is 0 Å². The molecule has 28 heavy (non-hydrogen) atoms. The van der Waals surface area contributed by atoms with E-state index < -0.39 is 0 Å². The van der Waals surface area contributed by atoms with E-state index in [9.17, 15) is 4.79 Å². The number of nitrogens with one attached hydrogen (secondary N) is 1. The van der Waals surface area contributed by atoms with Crippen LogP contribution in [0.1, 0.15) is 31.9 Å². The zero-order chi connectivity index (χ0) is 19.3. The summed E-state index contributed by atoms with van der Waals surface area (Å²) < 4.78 is 11.4. The number of nitrogens with zero attached hydrogens (tertiary/aromatic N) is 2. The number of carbonyl (C=O) groups is 1. The largest absolute Gasteiger partial charge is 0.494 e. The maximum absolute atomic E-state index is 12.3. The second-order valence-corrected chi connectivity index (χ2v) is 7.66. The predicted octanol–water partition coefficient (Wildman–Crippen LogP) is 4.56. The average Bonchev–Trinajstić information content (AvgIpc) is 3.31. The van der Waals surface area contributed by atoms with E-state index in [1.807, 2.05) is 43.3 Å². The van der Waals surface area contributed by atoms with Crippen molar-refractivity contribution in [2.24, 2.45) is 4.99 Å². The zero-order valence-corrected chi connectivity index (χ0v) is 16.6. The quantitative estimate of drug-likeness (QED) is 0.749. The molecule has 2 aromatic rings. The van der Waals surface area contributed by atoms with E-state index in [-0.39, 0.29) is 5.91 Å². The lowest BCUT2D eigenvalue weighted by Crippen LogP contribution is -2.28. The first kappa shape index (κ1) is 18.7. The van der Waals surface area contributed by atoms with Crippen molar-refractivity contribution in [3.63, 3.8) is 0 Å². The maximum atomic E-state index is 12.3. The smallest absolute Gasteiger partial charge is 0.264 e. The molecule has 6 nitrogen and oxygen atoms in total. The van der Waals surface area contributed by atoms with Crippen molar-refractivity contribution < 1.29 is 13.9 Å². The molecule has 0 bridgehead atoms. The molecule has 1 amide bonds. The Balaban J connectivity index is 1.44. The number of ether oxygens (including phenoxy) is 1. The topological polar surface area (TPSA) is 67.1 Å². The van der Waals surface area contributed by atoms with Crippen molar-refractivity contribution in [1.82, 2.24) is 5.32 Å². The highest BCUT2D eigenvalue weighted by molar-refractivity contribution is 8.18. The van der Waals surface area contributed by atoms with E-state index in [2.05, 4.69) is 15.2 Å². The fourth-order valence-electron chi connectivity index (χ4n) is 3.21. The van der Waals surface area contributed by atoms with Gasteiger partial charge in [0.05, 0.1) is 17.2 Å². The van der Waals surface area contributed by atoms with Gasteiger partial charge in [-0.2, -0.15) is 0 Å². The number of rotatable bonds is 5. The van der Waals surface area contributed by atoms with Crippen LogP contribution in [0.2, 0.25) is 0 Å². The van der Waals surface area contributed by atoms with Gasteiger partial charge in [0.1, 0.15) is 11.5 Å². The number of benzene rings is 1. The SMILES string of the molecule is CCOc1ccc(N=C2NC(=O)/C(=C/c3ccc(N4CCCCC4)o3)S2)cc1. The second kappa shape index (κ2) is 8.56. The fraction of sp³-hybridized carbons (Fsp3) is 0.333. The summed E-state index contributed by atoms with van der Waals surface area (Å²) in [5.41, 5.74) is 0.762. The summed E-state index contributed by atoms with van der Waals surface area (Å²) in [5.74, 6) is 2.20. The Kier molecular flexibility index (Phi) is 5.71. The summed E-state index contributed by atoms with van der Waals surface area (Å²) in [6.45, 7) is 4.62. The van der Waals surface area contributed by atoms with Crippen molar-refractivity contribution in [2.45, 2.75) is 26.2 Å². The Labute approximate surface area is 168 Å². The molecule has 1 aromatic carbocycles. The number of thioether (sulfide) groups is 1. The average molecular weight is 398 g/mol. The van der Waals surface area contributed by atoms with Crippen LogP contribution in [0.3, 0.4) is 0 Å². The molecular formula is C21H23N3O3S. The van der Waals surface area contributed by atoms with Crippen LogP contribution in [0.4, 0.5) is 11.6 Å². The van der Waals surface area contributed by atoms with E-state index in [4.69, 9.17) is 9.15 Å². The molecule has 7 heteroatoms. The van der Waals surface area contributed by atoms with Gasteiger partial charge in [-0.05, 0) is 68.3 Å². The first-order chi connectivity index (χ1) is 13.7. The molecule has 1 aromatic heterocycles. The van der Waals surface area contributed by atoms with Gasteiger partial charge < -0.3 is 19.4 Å². The third-order valence-corrected chi connectivity index (χ3v) is 5.49. The van der Waals surface area contributed by atoms with E-state index in [0.717, 1.165) is 30.4 Å². The molecule has 4 rings (SSSR count). The van der Waals surface area contributed by atoms with E-state index in [1.165, 1.54) is 31.0 Å². The van der Waals surface area contributed by atoms with Gasteiger partial charge in [0, 0.05) is 25.2 Å². The van der Waals surface area contributed by atoms with Crippen LogP contribution >= 0.6 is 11.8 Å². The van der Waals surface area contributed by atoms with Crippen LogP contribution in [0.5, 0.6) is 5.75 Å². The van der Waals surface area contributed by atoms with Gasteiger partial charge in [0.15, 0.2) is 11.1 Å². The molecule has 146 valence electrons. The Hall–Kier alpha value is -2.67. The molecule has 0 atom stereocenters. The lowest BCUT2D eigenvalue weighted by Gasteiger charge is -2.25. The number of furan rings is 1. The summed E-state index contributed by atoms with van der Waals surface area (Å²) in [7, 11) is 0. The van der Waals surface area contributed by atoms with Crippen molar-refractivity contribution in [2.75, 3.05) is 24.6 Å². The van der Waals surface area contributed by atoms with Crippen LogP contribution < -0.4 is 15.0 Å². The monoisotopic (exact) mass is 397 g/mol. The summed E-state index contributed by atoms with van der Waals surface area (Å²) >= 11 is 1.31. The van der Waals surface area contributed by atoms with E-state index in [1.54, 1.807) is 6.08 Å². The van der Waals surface area contributed by atoms with Gasteiger partial charge in [-0.25, -0.2) is 4.99 Å². The molecule has 0 spiro atoms. The molecule has 0 saturated carbocycles. The Bertz CT molecular complexity index is 896. The zero-order valence-electron chi connectivity index (χ0n) is 15.8. The molecule has 0 aliphatic carbocycles. The molecule has 0 unspecified atom stereocenters. The van der Waals surface area contributed by atoms with Crippen LogP contribution in [-0.2, 0) is 4.79 Å². The minimum atomic E-state index is -0.161. The van der Waals surface area contributed by atoms with Crippen molar-refractivity contribution in [3.8, 4) is 5.75 Å². The van der Waals surface area contributed by atoms with Gasteiger partial charge in [-0.15, -0.1) is 0 Å². The molecule has 2 aliphatic heterocycles. The third-order valence-electron chi connectivity index (χ3n) is 4.58. The third kappa shape index (κ3) is 4.42. The van der Waals surface area contributed by atoms with Crippen LogP contribution in [-0.4, -0.2) is 30.8 Å². The minimum absolute atomic E-state index is 0.161. The highest BCUT2D eigenvalue weighted by Gasteiger charge is 2.24. The number of carbonyl (C=O) groups excluding carboxylic acids is 1. The van der Waals surface area contributed by atoms with Gasteiger partial charge in [0.25, 0.3) is 5.91 Å². The highest BCUT2D eigenvalue weighted by atomic mass is 32.2. The molecule has 2 aliphatic rings. The molecule has 3 heterocycles. The lowest BCUT2D eigenvalue weighted by molar-refractivity contribution is -0.115. The molecule has 0 radical (unpaired) electrons. The van der Waals surface area contributed by atoms with E-state index in [0.29, 0.717) is 22.4 Å². The fourth-order valence-corrected chi connectivity index (χ4v) is 4.04. The number of amides is 1. The van der Waals surface area contributed by atoms with Gasteiger partial charge >= 0.3 is 0 Å². The van der Waals surface area contributed by atoms with Crippen molar-refractivity contribution in [1.29, 1.82) is 0 Å². The number of hydrogen-bond acceptors (Lipinski definition) is 6. The standard InChI is InChI=1S/C21H23N3O3S/c1-2-26-16-8-6-15(7-9-16)22-21-23-20(25)18(28-21)14-17-10-11-19(27-17)24-12-4-3-5-13-24/h6-11,14H,2-5,12-13H2,1H3,(H,22,23,25)/b18-14-. The van der Waals surface area contributed by atoms with Crippen molar-refractivity contribution in [3.05, 3.63) is 47.1 Å². The van der Waals surface area contributed by atoms with Crippen LogP contribution in [0.25, 0.3) is 6.08 Å². The molecule has 2 saturated heterocycles. The first-order valence-corrected chi connectivity index (χ1v) is 10.4. The first-order valence-electron chi connectivity index (χ1n) is 9.58. The van der Waals surface area contributed by atoms with Crippen LogP contribution in [0, 0.1) is 0 Å². The number of amidine groups is 1. The number of hydrogen-bond donors (Lipinski definition) is 1. The maximum Gasteiger partial charge on any atom is 0.264 e. The Morgan fingerprint density at radius 2 is 1.96 bits per heavy atom. The Morgan fingerprint density at radius 3 is 2.71 bits per heavy atom. The van der Waals surface area contributed by atoms with Crippen LogP contribution in [0.15, 0.2) is 50.7 Å². The normalized spacial score (nSPS) is 20.0. The van der Waals surface area contributed by atoms with Gasteiger partial charge in [0.2, 0.25) is 0 Å². The minimum Gasteiger partial charge on any atom is -0.494 e. The highest BCUT2D eigenvalue weighted by Crippen LogP contribution is 2.30.